The van der Waals surface area contributed by atoms with Crippen LogP contribution in [0.5, 0.6) is 0 Å². The molecule has 0 aromatic heterocycles. The number of thioether (sulfide) groups is 2. The first kappa shape index (κ1) is 25.2. The topological polar surface area (TPSA) is 111 Å². The van der Waals surface area contributed by atoms with Crippen molar-refractivity contribution in [3.63, 3.8) is 0 Å². The van der Waals surface area contributed by atoms with Gasteiger partial charge in [0.25, 0.3) is 0 Å². The number of rotatable bonds is 4. The minimum Gasteiger partial charge on any atom is -0.372 e. The molecule has 3 aliphatic rings. The lowest BCUT2D eigenvalue weighted by Gasteiger charge is -2.29. The summed E-state index contributed by atoms with van der Waals surface area (Å²) in [5, 5.41) is 16.7. The Kier molecular flexibility index (Phi) is 8.74. The van der Waals surface area contributed by atoms with Crippen molar-refractivity contribution in [1.82, 2.24) is 26.6 Å². The van der Waals surface area contributed by atoms with Gasteiger partial charge in [0, 0.05) is 18.1 Å². The highest BCUT2D eigenvalue weighted by atomic mass is 32.2. The lowest BCUT2D eigenvalue weighted by atomic mass is 9.99. The molecule has 0 aromatic rings. The zero-order valence-electron chi connectivity index (χ0n) is 18.7. The largest absolute Gasteiger partial charge is 0.372 e. The summed E-state index contributed by atoms with van der Waals surface area (Å²) in [5.74, 6) is 1.30. The second-order valence-electron chi connectivity index (χ2n) is 8.76. The average molecular weight is 500 g/mol. The lowest BCUT2D eigenvalue weighted by Crippen LogP contribution is -2.60. The first-order chi connectivity index (χ1) is 15.2. The fourth-order valence-electron chi connectivity index (χ4n) is 3.62. The molecule has 4 atom stereocenters. The second-order valence-corrected chi connectivity index (χ2v) is 11.4. The monoisotopic (exact) mass is 499 g/mol. The highest BCUT2D eigenvalue weighted by Crippen LogP contribution is 2.35. The molecule has 0 saturated carbocycles. The van der Waals surface area contributed by atoms with E-state index in [9.17, 15) is 14.4 Å². The first-order valence-electron chi connectivity index (χ1n) is 10.9. The molecule has 0 spiro atoms. The van der Waals surface area contributed by atoms with Crippen LogP contribution in [0.4, 0.5) is 0 Å². The number of fused-ring (bicyclic) bond motifs is 4. The summed E-state index contributed by atoms with van der Waals surface area (Å²) in [6.07, 6.45) is 4.62. The van der Waals surface area contributed by atoms with E-state index in [2.05, 4.69) is 39.2 Å². The van der Waals surface area contributed by atoms with Gasteiger partial charge in [0.2, 0.25) is 17.7 Å². The van der Waals surface area contributed by atoms with Gasteiger partial charge in [-0.15, -0.1) is 23.5 Å². The van der Waals surface area contributed by atoms with Gasteiger partial charge in [-0.2, -0.15) is 12.6 Å². The van der Waals surface area contributed by atoms with Crippen LogP contribution in [-0.4, -0.2) is 64.5 Å². The van der Waals surface area contributed by atoms with E-state index < -0.39 is 17.6 Å². The standard InChI is InChI=1S/C21H33N5O3S3/c1-12(2)17-18(28)23-13(6-4-5-7-30)8-15(27)22-9-16-24-14(10-31-16)19-26-21(3,11-32-19)20(29)25-17/h4,6,12-13,16-17,24,26,30H,5,7-11H2,1-3H3,(H,22,27)(H,23,28)(H,25,29)/b6-4+,19-14+/t13-,16?,17+,21+/m1/s1. The SMILES string of the molecule is CC(C)[C@@H]1NC(=O)[C@]2(C)CS/C(=C3\CSC(CNC(=O)C[C@@H](/C=C/CCS)NC1=O)N3)N2. The summed E-state index contributed by atoms with van der Waals surface area (Å²) in [4.78, 5) is 38.9. The first-order valence-corrected chi connectivity index (χ1v) is 13.6. The molecule has 11 heteroatoms. The number of amides is 3. The second kappa shape index (κ2) is 11.1. The number of allylic oxidation sites excluding steroid dienone is 1. The van der Waals surface area contributed by atoms with E-state index in [0.717, 1.165) is 22.9 Å². The summed E-state index contributed by atoms with van der Waals surface area (Å²) in [7, 11) is 0. The van der Waals surface area contributed by atoms with Crippen LogP contribution in [0.1, 0.15) is 33.6 Å². The van der Waals surface area contributed by atoms with E-state index in [4.69, 9.17) is 0 Å². The van der Waals surface area contributed by atoms with Crippen LogP contribution in [0.2, 0.25) is 0 Å². The molecule has 0 radical (unpaired) electrons. The molecule has 3 rings (SSSR count). The highest BCUT2D eigenvalue weighted by molar-refractivity contribution is 8.03. The third-order valence-corrected chi connectivity index (χ3v) is 8.31. The van der Waals surface area contributed by atoms with Crippen LogP contribution < -0.4 is 26.6 Å². The minimum absolute atomic E-state index is 0.0653. The van der Waals surface area contributed by atoms with Gasteiger partial charge in [0.05, 0.1) is 28.6 Å². The van der Waals surface area contributed by atoms with Crippen molar-refractivity contribution in [2.24, 2.45) is 5.92 Å². The Morgan fingerprint density at radius 3 is 2.72 bits per heavy atom. The molecule has 1 unspecified atom stereocenters. The number of carbonyl (C=O) groups is 3. The molecule has 3 aliphatic heterocycles. The van der Waals surface area contributed by atoms with Crippen molar-refractivity contribution in [1.29, 1.82) is 0 Å². The van der Waals surface area contributed by atoms with E-state index in [0.29, 0.717) is 18.1 Å². The van der Waals surface area contributed by atoms with Gasteiger partial charge >= 0.3 is 0 Å². The van der Waals surface area contributed by atoms with E-state index in [1.54, 1.807) is 23.5 Å². The predicted octanol–water partition coefficient (Wildman–Crippen LogP) is 0.935. The third kappa shape index (κ3) is 6.32. The molecule has 32 heavy (non-hydrogen) atoms. The van der Waals surface area contributed by atoms with Crippen molar-refractivity contribution < 1.29 is 14.4 Å². The van der Waals surface area contributed by atoms with Crippen LogP contribution in [0.25, 0.3) is 0 Å². The van der Waals surface area contributed by atoms with Gasteiger partial charge in [-0.25, -0.2) is 0 Å². The van der Waals surface area contributed by atoms with E-state index >= 15 is 0 Å². The minimum atomic E-state index is -0.804. The Morgan fingerprint density at radius 1 is 1.22 bits per heavy atom. The zero-order valence-corrected chi connectivity index (χ0v) is 21.2. The zero-order chi connectivity index (χ0) is 23.3. The summed E-state index contributed by atoms with van der Waals surface area (Å²) >= 11 is 7.54. The van der Waals surface area contributed by atoms with E-state index in [-0.39, 0.29) is 35.4 Å². The van der Waals surface area contributed by atoms with E-state index in [1.807, 2.05) is 32.9 Å². The molecule has 3 amide bonds. The molecule has 4 bridgehead atoms. The molecular formula is C21H33N5O3S3. The molecule has 3 heterocycles. The number of thiol groups is 1. The fraction of sp³-hybridized carbons (Fsp3) is 0.667. The summed E-state index contributed by atoms with van der Waals surface area (Å²) in [5.41, 5.74) is 0.246. The smallest absolute Gasteiger partial charge is 0.246 e. The van der Waals surface area contributed by atoms with Crippen LogP contribution in [0, 0.1) is 5.92 Å². The Labute approximate surface area is 203 Å². The Bertz CT molecular complexity index is 804. The molecule has 0 aliphatic carbocycles. The fourth-order valence-corrected chi connectivity index (χ4v) is 6.12. The maximum Gasteiger partial charge on any atom is 0.246 e. The van der Waals surface area contributed by atoms with Gasteiger partial charge in [0.15, 0.2) is 0 Å². The third-order valence-electron chi connectivity index (χ3n) is 5.55. The lowest BCUT2D eigenvalue weighted by molar-refractivity contribution is -0.133. The van der Waals surface area contributed by atoms with Crippen molar-refractivity contribution in [3.8, 4) is 0 Å². The number of nitrogens with one attached hydrogen (secondary N) is 5. The Hall–Kier alpha value is -1.46. The number of hydrogen-bond donors (Lipinski definition) is 6. The van der Waals surface area contributed by atoms with Gasteiger partial charge in [-0.3, -0.25) is 14.4 Å². The van der Waals surface area contributed by atoms with Gasteiger partial charge in [-0.1, -0.05) is 26.0 Å². The summed E-state index contributed by atoms with van der Waals surface area (Å²) in [6.45, 7) is 6.14. The van der Waals surface area contributed by atoms with Crippen LogP contribution in [0.3, 0.4) is 0 Å². The number of carbonyl (C=O) groups excluding carboxylic acids is 3. The van der Waals surface area contributed by atoms with Crippen molar-refractivity contribution in [2.75, 3.05) is 23.8 Å². The van der Waals surface area contributed by atoms with Crippen LogP contribution in [-0.2, 0) is 14.4 Å². The predicted molar refractivity (Wildman–Crippen MR) is 134 cm³/mol. The highest BCUT2D eigenvalue weighted by Gasteiger charge is 2.42. The normalized spacial score (nSPS) is 34.2. The average Bonchev–Trinajstić information content (AvgIpc) is 3.37. The van der Waals surface area contributed by atoms with Gasteiger partial charge < -0.3 is 26.6 Å². The van der Waals surface area contributed by atoms with Crippen LogP contribution >= 0.6 is 36.2 Å². The maximum atomic E-state index is 13.2. The quantitative estimate of drug-likeness (QED) is 0.252. The molecule has 2 fully saturated rings. The summed E-state index contributed by atoms with van der Waals surface area (Å²) < 4.78 is 0. The Balaban J connectivity index is 1.86. The van der Waals surface area contributed by atoms with Crippen LogP contribution in [0.15, 0.2) is 22.9 Å². The Morgan fingerprint density at radius 2 is 2.00 bits per heavy atom. The molecular weight excluding hydrogens is 466 g/mol. The molecule has 5 N–H and O–H groups in total. The van der Waals surface area contributed by atoms with Crippen molar-refractivity contribution in [2.45, 2.75) is 56.6 Å². The molecule has 178 valence electrons. The summed E-state index contributed by atoms with van der Waals surface area (Å²) in [6, 6.07) is -1.17. The molecule has 0 aromatic carbocycles. The van der Waals surface area contributed by atoms with Crippen molar-refractivity contribution in [3.05, 3.63) is 22.9 Å². The van der Waals surface area contributed by atoms with Crippen molar-refractivity contribution >= 4 is 53.9 Å². The van der Waals surface area contributed by atoms with E-state index in [1.165, 1.54) is 0 Å². The number of hydrogen-bond acceptors (Lipinski definition) is 8. The molecule has 2 saturated heterocycles. The molecule has 8 nitrogen and oxygen atoms in total. The van der Waals surface area contributed by atoms with Gasteiger partial charge in [-0.05, 0) is 25.0 Å². The maximum absolute atomic E-state index is 13.2. The van der Waals surface area contributed by atoms with Gasteiger partial charge in [0.1, 0.15) is 11.6 Å².